The van der Waals surface area contributed by atoms with Crippen molar-refractivity contribution in [3.8, 4) is 11.5 Å². The Hall–Kier alpha value is -2.94. The first-order valence-corrected chi connectivity index (χ1v) is 7.50. The van der Waals surface area contributed by atoms with Crippen LogP contribution >= 0.6 is 11.8 Å². The van der Waals surface area contributed by atoms with E-state index in [9.17, 15) is 15.3 Å². The van der Waals surface area contributed by atoms with Crippen LogP contribution in [0, 0.1) is 15.3 Å². The molecule has 0 aliphatic rings. The number of thioether (sulfide) groups is 1. The molecule has 2 aromatic heterocycles. The summed E-state index contributed by atoms with van der Waals surface area (Å²) in [5, 5.41) is 30.5. The molecule has 3 aromatic rings. The van der Waals surface area contributed by atoms with Gasteiger partial charge in [0.25, 0.3) is 10.7 Å². The van der Waals surface area contributed by atoms with Crippen molar-refractivity contribution in [2.75, 3.05) is 0 Å². The molecule has 3 rings (SSSR count). The number of nitro benzene ring substituents is 1. The molecule has 23 heavy (non-hydrogen) atoms. The van der Waals surface area contributed by atoms with Crippen molar-refractivity contribution < 1.29 is 14.1 Å². The highest BCUT2D eigenvalue weighted by atomic mass is 32.2. The zero-order valence-corrected chi connectivity index (χ0v) is 12.5. The summed E-state index contributed by atoms with van der Waals surface area (Å²) in [6.45, 7) is 0. The lowest BCUT2D eigenvalue weighted by Crippen LogP contribution is -2.27. The zero-order valence-electron chi connectivity index (χ0n) is 11.7. The van der Waals surface area contributed by atoms with E-state index in [4.69, 9.17) is 4.42 Å². The second-order valence-electron chi connectivity index (χ2n) is 4.46. The lowest BCUT2D eigenvalue weighted by molar-refractivity contribution is -0.645. The highest BCUT2D eigenvalue weighted by molar-refractivity contribution is 7.98. The molecule has 116 valence electrons. The molecule has 0 fully saturated rings. The highest BCUT2D eigenvalue weighted by Crippen LogP contribution is 2.24. The highest BCUT2D eigenvalue weighted by Gasteiger charge is 2.13. The summed E-state index contributed by atoms with van der Waals surface area (Å²) < 4.78 is 6.27. The van der Waals surface area contributed by atoms with Gasteiger partial charge in [-0.3, -0.25) is 10.1 Å². The molecule has 2 heterocycles. The van der Waals surface area contributed by atoms with Crippen LogP contribution in [0.15, 0.2) is 58.1 Å². The minimum atomic E-state index is -0.475. The average molecular weight is 330 g/mol. The van der Waals surface area contributed by atoms with Crippen LogP contribution in [0.25, 0.3) is 11.5 Å². The van der Waals surface area contributed by atoms with Crippen LogP contribution in [-0.4, -0.2) is 15.1 Å². The molecular weight excluding hydrogens is 320 g/mol. The van der Waals surface area contributed by atoms with Gasteiger partial charge in [0.1, 0.15) is 0 Å². The maximum Gasteiger partial charge on any atom is 0.269 e. The van der Waals surface area contributed by atoms with Crippen LogP contribution in [0.2, 0.25) is 0 Å². The molecular formula is C14H10N4O4S. The first kappa shape index (κ1) is 15.0. The van der Waals surface area contributed by atoms with Crippen molar-refractivity contribution in [2.24, 2.45) is 0 Å². The van der Waals surface area contributed by atoms with Crippen molar-refractivity contribution in [2.45, 2.75) is 10.8 Å². The van der Waals surface area contributed by atoms with Gasteiger partial charge in [0.05, 0.1) is 10.7 Å². The predicted molar refractivity (Wildman–Crippen MR) is 81.4 cm³/mol. The fourth-order valence-electron chi connectivity index (χ4n) is 1.81. The maximum atomic E-state index is 11.5. The number of nitrogens with zero attached hydrogens (tertiary/aromatic N) is 4. The Morgan fingerprint density at radius 3 is 2.65 bits per heavy atom. The summed E-state index contributed by atoms with van der Waals surface area (Å²) in [6.07, 6.45) is 1.42. The second kappa shape index (κ2) is 6.44. The van der Waals surface area contributed by atoms with Gasteiger partial charge in [0, 0.05) is 29.8 Å². The van der Waals surface area contributed by atoms with Crippen molar-refractivity contribution in [3.05, 3.63) is 69.9 Å². The van der Waals surface area contributed by atoms with E-state index in [0.29, 0.717) is 22.2 Å². The third kappa shape index (κ3) is 3.46. The van der Waals surface area contributed by atoms with Gasteiger partial charge in [-0.05, 0) is 30.0 Å². The Bertz CT molecular complexity index is 835. The fourth-order valence-corrected chi connectivity index (χ4v) is 2.57. The molecule has 1 aromatic carbocycles. The normalized spacial score (nSPS) is 10.6. The number of nitro groups is 1. The molecule has 0 saturated carbocycles. The molecule has 0 atom stereocenters. The number of hydrogen-bond donors (Lipinski definition) is 0. The summed E-state index contributed by atoms with van der Waals surface area (Å²) in [4.78, 5) is 10.1. The molecule has 0 amide bonds. The minimum absolute atomic E-state index is 0.00637. The summed E-state index contributed by atoms with van der Waals surface area (Å²) >= 11 is 1.28. The van der Waals surface area contributed by atoms with E-state index in [-0.39, 0.29) is 11.6 Å². The largest absolute Gasteiger partial charge is 0.618 e. The number of benzene rings is 1. The minimum Gasteiger partial charge on any atom is -0.618 e. The molecule has 0 aliphatic carbocycles. The molecule has 0 aliphatic heterocycles. The monoisotopic (exact) mass is 330 g/mol. The van der Waals surface area contributed by atoms with Gasteiger partial charge in [0.2, 0.25) is 11.8 Å². The first-order valence-electron chi connectivity index (χ1n) is 6.51. The molecule has 9 heteroatoms. The summed E-state index contributed by atoms with van der Waals surface area (Å²) in [5.41, 5.74) is 0.589. The van der Waals surface area contributed by atoms with E-state index in [1.54, 1.807) is 30.3 Å². The predicted octanol–water partition coefficient (Wildman–Crippen LogP) is 2.57. The van der Waals surface area contributed by atoms with Gasteiger partial charge in [-0.1, -0.05) is 0 Å². The quantitative estimate of drug-likeness (QED) is 0.232. The van der Waals surface area contributed by atoms with Gasteiger partial charge in [-0.15, -0.1) is 10.2 Å². The van der Waals surface area contributed by atoms with Crippen molar-refractivity contribution in [1.29, 1.82) is 0 Å². The van der Waals surface area contributed by atoms with Crippen LogP contribution in [0.4, 0.5) is 5.69 Å². The van der Waals surface area contributed by atoms with Gasteiger partial charge < -0.3 is 9.62 Å². The van der Waals surface area contributed by atoms with Crippen LogP contribution in [0.1, 0.15) is 5.89 Å². The van der Waals surface area contributed by atoms with E-state index in [1.165, 1.54) is 30.1 Å². The van der Waals surface area contributed by atoms with Crippen LogP contribution < -0.4 is 4.73 Å². The zero-order chi connectivity index (χ0) is 16.2. The Kier molecular flexibility index (Phi) is 4.20. The van der Waals surface area contributed by atoms with Gasteiger partial charge in [0.15, 0.2) is 6.20 Å². The summed E-state index contributed by atoms with van der Waals surface area (Å²) in [5.74, 6) is 0.998. The van der Waals surface area contributed by atoms with Gasteiger partial charge in [-0.25, -0.2) is 0 Å². The molecule has 0 saturated heterocycles. The molecule has 0 unspecified atom stereocenters. The molecule has 0 N–H and O–H groups in total. The van der Waals surface area contributed by atoms with Crippen molar-refractivity contribution in [3.63, 3.8) is 0 Å². The van der Waals surface area contributed by atoms with E-state index < -0.39 is 4.92 Å². The smallest absolute Gasteiger partial charge is 0.269 e. The van der Waals surface area contributed by atoms with E-state index in [0.717, 1.165) is 4.73 Å². The van der Waals surface area contributed by atoms with Crippen LogP contribution in [-0.2, 0) is 5.75 Å². The average Bonchev–Trinajstić information content (AvgIpc) is 3.03. The number of aromatic nitrogens is 3. The SMILES string of the molecule is O=[N+]([O-])c1ccc(-c2nnc(CSc3cccc[n+]3[O-])o2)cc1. The van der Waals surface area contributed by atoms with E-state index >= 15 is 0 Å². The number of hydrogen-bond acceptors (Lipinski definition) is 7. The van der Waals surface area contributed by atoms with Crippen LogP contribution in [0.3, 0.4) is 0 Å². The standard InChI is InChI=1S/C14H10N4O4S/c19-17-8-2-1-3-13(17)23-9-12-15-16-14(22-12)10-4-6-11(7-5-10)18(20)21/h1-8H,9H2. The Labute approximate surface area is 134 Å². The second-order valence-corrected chi connectivity index (χ2v) is 5.45. The van der Waals surface area contributed by atoms with Crippen LogP contribution in [0.5, 0.6) is 0 Å². The molecule has 0 spiro atoms. The Morgan fingerprint density at radius 1 is 1.17 bits per heavy atom. The topological polar surface area (TPSA) is 109 Å². The number of rotatable bonds is 5. The van der Waals surface area contributed by atoms with E-state index in [2.05, 4.69) is 10.2 Å². The van der Waals surface area contributed by atoms with Crippen molar-refractivity contribution in [1.82, 2.24) is 10.2 Å². The molecule has 0 radical (unpaired) electrons. The van der Waals surface area contributed by atoms with Crippen molar-refractivity contribution >= 4 is 17.4 Å². The Balaban J connectivity index is 1.70. The third-order valence-corrected chi connectivity index (χ3v) is 3.93. The summed E-state index contributed by atoms with van der Waals surface area (Å²) in [7, 11) is 0. The fraction of sp³-hybridized carbons (Fsp3) is 0.0714. The number of non-ortho nitro benzene ring substituents is 1. The lowest BCUT2D eigenvalue weighted by Gasteiger charge is -2.00. The maximum absolute atomic E-state index is 11.5. The van der Waals surface area contributed by atoms with E-state index in [1.807, 2.05) is 0 Å². The molecule has 0 bridgehead atoms. The summed E-state index contributed by atoms with van der Waals surface area (Å²) in [6, 6.07) is 11.0. The lowest BCUT2D eigenvalue weighted by atomic mass is 10.2. The Morgan fingerprint density at radius 2 is 1.96 bits per heavy atom. The third-order valence-electron chi connectivity index (χ3n) is 2.92. The van der Waals surface area contributed by atoms with Gasteiger partial charge in [-0.2, -0.15) is 4.73 Å². The van der Waals surface area contributed by atoms with Gasteiger partial charge >= 0.3 is 0 Å². The molecule has 8 nitrogen and oxygen atoms in total. The number of pyridine rings is 1. The first-order chi connectivity index (χ1) is 11.1.